The Morgan fingerprint density at radius 1 is 1.21 bits per heavy atom. The SMILES string of the molecule is COCc1c(C(O)C=O)cc2n(c1=O)Cc1c-2nc2cc(F)c(C)cc2c1Cc1ccccc1. The molecule has 1 aliphatic heterocycles. The Morgan fingerprint density at radius 2 is 1.97 bits per heavy atom. The Morgan fingerprint density at radius 3 is 2.68 bits per heavy atom. The zero-order valence-electron chi connectivity index (χ0n) is 18.8. The fourth-order valence-corrected chi connectivity index (χ4v) is 4.73. The van der Waals surface area contributed by atoms with Gasteiger partial charge in [0.15, 0.2) is 6.29 Å². The lowest BCUT2D eigenvalue weighted by Crippen LogP contribution is -2.26. The number of benzene rings is 2. The molecule has 0 amide bonds. The van der Waals surface area contributed by atoms with Crippen molar-refractivity contribution in [2.24, 2.45) is 0 Å². The fraction of sp³-hybridized carbons (Fsp3) is 0.222. The molecule has 0 spiro atoms. The maximum Gasteiger partial charge on any atom is 0.257 e. The van der Waals surface area contributed by atoms with E-state index in [-0.39, 0.29) is 29.1 Å². The number of nitrogens with zero attached hydrogens (tertiary/aromatic N) is 2. The Bertz CT molecular complexity index is 1500. The minimum atomic E-state index is -1.46. The van der Waals surface area contributed by atoms with E-state index in [1.807, 2.05) is 30.3 Å². The zero-order valence-corrected chi connectivity index (χ0v) is 18.8. The number of fused-ring (bicyclic) bond motifs is 4. The molecule has 0 radical (unpaired) electrons. The van der Waals surface area contributed by atoms with E-state index in [0.717, 1.165) is 22.1 Å². The van der Waals surface area contributed by atoms with Gasteiger partial charge in [0, 0.05) is 35.3 Å². The topological polar surface area (TPSA) is 81.4 Å². The Hall–Kier alpha value is -3.68. The molecule has 0 saturated carbocycles. The van der Waals surface area contributed by atoms with Crippen molar-refractivity contribution >= 4 is 17.2 Å². The van der Waals surface area contributed by atoms with Crippen LogP contribution in [0.5, 0.6) is 0 Å². The highest BCUT2D eigenvalue weighted by Crippen LogP contribution is 2.38. The predicted molar refractivity (Wildman–Crippen MR) is 126 cm³/mol. The number of pyridine rings is 2. The van der Waals surface area contributed by atoms with Crippen molar-refractivity contribution in [2.45, 2.75) is 32.6 Å². The fourth-order valence-electron chi connectivity index (χ4n) is 4.73. The number of methoxy groups -OCH3 is 1. The second-order valence-corrected chi connectivity index (χ2v) is 8.57. The van der Waals surface area contributed by atoms with Gasteiger partial charge in [0.1, 0.15) is 11.9 Å². The van der Waals surface area contributed by atoms with E-state index < -0.39 is 6.10 Å². The van der Waals surface area contributed by atoms with Crippen LogP contribution in [0.25, 0.3) is 22.3 Å². The van der Waals surface area contributed by atoms with Crippen LogP contribution in [-0.4, -0.2) is 28.1 Å². The van der Waals surface area contributed by atoms with E-state index in [1.165, 1.54) is 13.2 Å². The van der Waals surface area contributed by atoms with Gasteiger partial charge >= 0.3 is 0 Å². The number of aryl methyl sites for hydroxylation is 1. The minimum absolute atomic E-state index is 0.0353. The first-order valence-corrected chi connectivity index (χ1v) is 11.0. The average molecular weight is 458 g/mol. The summed E-state index contributed by atoms with van der Waals surface area (Å²) in [6, 6.07) is 14.8. The van der Waals surface area contributed by atoms with Gasteiger partial charge in [-0.1, -0.05) is 30.3 Å². The number of hydrogen-bond donors (Lipinski definition) is 1. The van der Waals surface area contributed by atoms with Gasteiger partial charge < -0.3 is 19.2 Å². The maximum absolute atomic E-state index is 14.5. The summed E-state index contributed by atoms with van der Waals surface area (Å²) in [5.41, 5.74) is 5.09. The van der Waals surface area contributed by atoms with Crippen LogP contribution >= 0.6 is 0 Å². The summed E-state index contributed by atoms with van der Waals surface area (Å²) in [6.07, 6.45) is -0.490. The number of halogens is 1. The Kier molecular flexibility index (Phi) is 5.59. The summed E-state index contributed by atoms with van der Waals surface area (Å²) in [5.74, 6) is -0.353. The maximum atomic E-state index is 14.5. The van der Waals surface area contributed by atoms with Crippen molar-refractivity contribution in [2.75, 3.05) is 7.11 Å². The van der Waals surface area contributed by atoms with Crippen LogP contribution in [0.15, 0.2) is 53.3 Å². The van der Waals surface area contributed by atoms with Gasteiger partial charge in [-0.25, -0.2) is 9.37 Å². The highest BCUT2D eigenvalue weighted by molar-refractivity contribution is 5.89. The molecule has 1 atom stereocenters. The molecule has 0 aliphatic carbocycles. The van der Waals surface area contributed by atoms with Crippen LogP contribution in [0, 0.1) is 12.7 Å². The van der Waals surface area contributed by atoms with Crippen molar-refractivity contribution < 1.29 is 19.0 Å². The number of ether oxygens (including phenoxy) is 1. The molecule has 6 nitrogen and oxygen atoms in total. The predicted octanol–water partition coefficient (Wildman–Crippen LogP) is 3.84. The quantitative estimate of drug-likeness (QED) is 0.391. The lowest BCUT2D eigenvalue weighted by atomic mass is 9.93. The van der Waals surface area contributed by atoms with E-state index in [1.54, 1.807) is 23.6 Å². The second kappa shape index (κ2) is 8.59. The van der Waals surface area contributed by atoms with E-state index >= 15 is 0 Å². The number of aliphatic hydroxyl groups is 1. The smallest absolute Gasteiger partial charge is 0.257 e. The first kappa shape index (κ1) is 22.1. The molecular weight excluding hydrogens is 435 g/mol. The minimum Gasteiger partial charge on any atom is -0.381 e. The molecule has 2 aromatic carbocycles. The third-order valence-corrected chi connectivity index (χ3v) is 6.44. The Balaban J connectivity index is 1.81. The summed E-state index contributed by atoms with van der Waals surface area (Å²) in [4.78, 5) is 29.5. The Labute approximate surface area is 195 Å². The molecular formula is C27H23FN2O4. The van der Waals surface area contributed by atoms with Gasteiger partial charge in [0.2, 0.25) is 0 Å². The van der Waals surface area contributed by atoms with E-state index in [4.69, 9.17) is 9.72 Å². The van der Waals surface area contributed by atoms with Crippen molar-refractivity contribution in [1.29, 1.82) is 0 Å². The van der Waals surface area contributed by atoms with Crippen molar-refractivity contribution in [3.63, 3.8) is 0 Å². The van der Waals surface area contributed by atoms with Crippen LogP contribution in [0.1, 0.15) is 39.5 Å². The van der Waals surface area contributed by atoms with Crippen LogP contribution in [0.3, 0.4) is 0 Å². The average Bonchev–Trinajstić information content (AvgIpc) is 3.20. The summed E-state index contributed by atoms with van der Waals surface area (Å²) >= 11 is 0. The molecule has 0 saturated heterocycles. The number of aromatic nitrogens is 2. The first-order chi connectivity index (χ1) is 16.4. The van der Waals surface area contributed by atoms with Gasteiger partial charge in [-0.2, -0.15) is 0 Å². The third kappa shape index (κ3) is 3.54. The van der Waals surface area contributed by atoms with Crippen LogP contribution in [-0.2, 0) is 29.1 Å². The summed E-state index contributed by atoms with van der Waals surface area (Å²) in [5, 5.41) is 11.1. The molecule has 172 valence electrons. The summed E-state index contributed by atoms with van der Waals surface area (Å²) in [6.45, 7) is 1.98. The van der Waals surface area contributed by atoms with Gasteiger partial charge in [0.25, 0.3) is 5.56 Å². The molecule has 0 bridgehead atoms. The van der Waals surface area contributed by atoms with E-state index in [2.05, 4.69) is 0 Å². The van der Waals surface area contributed by atoms with Crippen molar-refractivity contribution in [3.8, 4) is 11.4 Å². The van der Waals surface area contributed by atoms with Crippen LogP contribution in [0.2, 0.25) is 0 Å². The monoisotopic (exact) mass is 458 g/mol. The standard InChI is InChI=1S/C27H23FN2O4/c1-15-8-18-17(9-16-6-4-3-5-7-16)20-12-30-24(26(20)29-23(18)11-22(15)28)10-19(25(32)13-31)21(14-34-2)27(30)33/h3-8,10-11,13,25,32H,9,12,14H2,1-2H3. The highest BCUT2D eigenvalue weighted by atomic mass is 19.1. The van der Waals surface area contributed by atoms with Crippen molar-refractivity contribution in [1.82, 2.24) is 9.55 Å². The van der Waals surface area contributed by atoms with Gasteiger partial charge in [-0.15, -0.1) is 0 Å². The first-order valence-electron chi connectivity index (χ1n) is 11.0. The number of rotatable bonds is 6. The van der Waals surface area contributed by atoms with Crippen LogP contribution < -0.4 is 5.56 Å². The van der Waals surface area contributed by atoms with Gasteiger partial charge in [-0.05, 0) is 42.2 Å². The van der Waals surface area contributed by atoms with E-state index in [0.29, 0.717) is 41.7 Å². The van der Waals surface area contributed by atoms with Gasteiger partial charge in [-0.3, -0.25) is 4.79 Å². The molecule has 1 aliphatic rings. The number of aliphatic hydroxyl groups excluding tert-OH is 1. The largest absolute Gasteiger partial charge is 0.381 e. The molecule has 34 heavy (non-hydrogen) atoms. The lowest BCUT2D eigenvalue weighted by Gasteiger charge is -2.14. The summed E-state index contributed by atoms with van der Waals surface area (Å²) in [7, 11) is 1.45. The lowest BCUT2D eigenvalue weighted by molar-refractivity contribution is -0.115. The molecule has 1 unspecified atom stereocenters. The second-order valence-electron chi connectivity index (χ2n) is 8.57. The molecule has 5 rings (SSSR count). The molecule has 7 heteroatoms. The molecule has 2 aromatic heterocycles. The number of hydrogen-bond acceptors (Lipinski definition) is 5. The zero-order chi connectivity index (χ0) is 24.0. The molecule has 1 N–H and O–H groups in total. The number of carbonyl (C=O) groups is 1. The van der Waals surface area contributed by atoms with Crippen molar-refractivity contribution in [3.05, 3.63) is 98.1 Å². The highest BCUT2D eigenvalue weighted by Gasteiger charge is 2.29. The number of aldehydes is 1. The molecule has 3 heterocycles. The summed E-state index contributed by atoms with van der Waals surface area (Å²) < 4.78 is 21.3. The molecule has 0 fully saturated rings. The molecule has 4 aromatic rings. The normalized spacial score (nSPS) is 13.1. The van der Waals surface area contributed by atoms with Gasteiger partial charge in [0.05, 0.1) is 30.1 Å². The third-order valence-electron chi connectivity index (χ3n) is 6.44. The van der Waals surface area contributed by atoms with E-state index in [9.17, 15) is 19.1 Å². The van der Waals surface area contributed by atoms with Crippen LogP contribution in [0.4, 0.5) is 4.39 Å². The number of carbonyl (C=O) groups excluding carboxylic acids is 1.